The minimum Gasteiger partial charge on any atom is -0.455 e. The topological polar surface area (TPSA) is 32.8 Å². The van der Waals surface area contributed by atoms with Gasteiger partial charge in [0.05, 0.1) is 17.8 Å². The van der Waals surface area contributed by atoms with Crippen LogP contribution in [-0.4, -0.2) is 30.9 Å². The first-order chi connectivity index (χ1) is 11.1. The van der Waals surface area contributed by atoms with Crippen molar-refractivity contribution in [3.63, 3.8) is 0 Å². The summed E-state index contributed by atoms with van der Waals surface area (Å²) in [5, 5.41) is 0. The normalized spacial score (nSPS) is 22.3. The van der Waals surface area contributed by atoms with Gasteiger partial charge >= 0.3 is 0 Å². The third-order valence-corrected chi connectivity index (χ3v) is 4.77. The van der Waals surface area contributed by atoms with E-state index in [1.807, 2.05) is 54.2 Å². The van der Waals surface area contributed by atoms with E-state index in [2.05, 4.69) is 19.1 Å². The minimum atomic E-state index is -0.0977. The van der Waals surface area contributed by atoms with Crippen LogP contribution in [0, 0.1) is 6.92 Å². The van der Waals surface area contributed by atoms with Crippen LogP contribution in [0.5, 0.6) is 11.5 Å². The van der Waals surface area contributed by atoms with Crippen molar-refractivity contribution in [2.45, 2.75) is 25.4 Å². The van der Waals surface area contributed by atoms with Gasteiger partial charge in [-0.15, -0.1) is 0 Å². The number of anilines is 1. The van der Waals surface area contributed by atoms with Crippen molar-refractivity contribution < 1.29 is 9.53 Å². The predicted molar refractivity (Wildman–Crippen MR) is 90.0 cm³/mol. The first-order valence-corrected chi connectivity index (χ1v) is 7.93. The molecule has 2 aliphatic rings. The lowest BCUT2D eigenvalue weighted by Crippen LogP contribution is -2.37. The number of nitrogens with zero attached hydrogens (tertiary/aromatic N) is 2. The van der Waals surface area contributed by atoms with E-state index in [4.69, 9.17) is 4.74 Å². The van der Waals surface area contributed by atoms with Gasteiger partial charge in [-0.1, -0.05) is 29.8 Å². The number of hydrogen-bond donors (Lipinski definition) is 0. The summed E-state index contributed by atoms with van der Waals surface area (Å²) in [5.74, 6) is 1.74. The quantitative estimate of drug-likeness (QED) is 0.808. The number of aryl methyl sites for hydroxylation is 1. The average molecular weight is 308 g/mol. The van der Waals surface area contributed by atoms with Gasteiger partial charge in [0.1, 0.15) is 5.75 Å². The number of rotatable bonds is 1. The van der Waals surface area contributed by atoms with Gasteiger partial charge in [-0.05, 0) is 45.6 Å². The van der Waals surface area contributed by atoms with Crippen molar-refractivity contribution in [1.29, 1.82) is 0 Å². The van der Waals surface area contributed by atoms with E-state index in [1.165, 1.54) is 5.56 Å². The van der Waals surface area contributed by atoms with Gasteiger partial charge in [-0.3, -0.25) is 14.6 Å². The highest BCUT2D eigenvalue weighted by molar-refractivity contribution is 6.02. The molecule has 4 rings (SSSR count). The van der Waals surface area contributed by atoms with Gasteiger partial charge in [0.15, 0.2) is 5.75 Å². The summed E-state index contributed by atoms with van der Waals surface area (Å²) in [7, 11) is 3.93. The molecule has 2 aromatic rings. The third-order valence-electron chi connectivity index (χ3n) is 4.77. The van der Waals surface area contributed by atoms with Gasteiger partial charge in [0.2, 0.25) is 5.91 Å². The third kappa shape index (κ3) is 2.13. The Morgan fingerprint density at radius 2 is 1.91 bits per heavy atom. The Hall–Kier alpha value is -2.33. The van der Waals surface area contributed by atoms with Crippen molar-refractivity contribution >= 4 is 11.6 Å². The van der Waals surface area contributed by atoms with Crippen LogP contribution in [0.4, 0.5) is 5.69 Å². The molecule has 2 unspecified atom stereocenters. The molecule has 4 heteroatoms. The van der Waals surface area contributed by atoms with E-state index in [0.29, 0.717) is 0 Å². The summed E-state index contributed by atoms with van der Waals surface area (Å²) in [5.41, 5.74) is 3.14. The Bertz CT molecular complexity index is 785. The Labute approximate surface area is 136 Å². The molecule has 4 nitrogen and oxygen atoms in total. The fourth-order valence-corrected chi connectivity index (χ4v) is 3.60. The molecule has 0 spiro atoms. The van der Waals surface area contributed by atoms with Crippen molar-refractivity contribution in [2.24, 2.45) is 0 Å². The number of likely N-dealkylation sites (N-methyl/N-ethyl adjacent to an activating group) is 1. The Morgan fingerprint density at radius 1 is 1.13 bits per heavy atom. The molecule has 1 saturated heterocycles. The fourth-order valence-electron chi connectivity index (χ4n) is 3.60. The molecule has 2 atom stereocenters. The lowest BCUT2D eigenvalue weighted by atomic mass is 10.00. The molecule has 1 amide bonds. The number of benzene rings is 2. The van der Waals surface area contributed by atoms with Crippen LogP contribution in [0.15, 0.2) is 42.5 Å². The van der Waals surface area contributed by atoms with Crippen LogP contribution < -0.4 is 9.64 Å². The SMILES string of the molecule is Cc1ccc2c(c1)C1CC(N(C)C)C(=O)N1c1ccccc1O2. The number of ether oxygens (including phenoxy) is 1. The molecule has 0 saturated carbocycles. The standard InChI is InChI=1S/C19H20N2O2/c1-12-8-9-17-13(10-12)15-11-16(20(2)3)19(22)21(15)14-6-4-5-7-18(14)23-17/h4-10,15-16H,11H2,1-3H3. The highest BCUT2D eigenvalue weighted by Crippen LogP contribution is 2.49. The summed E-state index contributed by atoms with van der Waals surface area (Å²) >= 11 is 0. The van der Waals surface area contributed by atoms with Crippen molar-refractivity contribution in [1.82, 2.24) is 4.90 Å². The zero-order valence-corrected chi connectivity index (χ0v) is 13.6. The van der Waals surface area contributed by atoms with Crippen molar-refractivity contribution in [3.8, 4) is 11.5 Å². The van der Waals surface area contributed by atoms with Crippen molar-refractivity contribution in [3.05, 3.63) is 53.6 Å². The van der Waals surface area contributed by atoms with E-state index in [-0.39, 0.29) is 18.0 Å². The number of para-hydroxylation sites is 2. The maximum atomic E-state index is 13.0. The van der Waals surface area contributed by atoms with Gasteiger partial charge in [-0.25, -0.2) is 0 Å². The van der Waals surface area contributed by atoms with Crippen LogP contribution in [0.2, 0.25) is 0 Å². The predicted octanol–water partition coefficient (Wildman–Crippen LogP) is 3.51. The molecule has 23 heavy (non-hydrogen) atoms. The highest BCUT2D eigenvalue weighted by atomic mass is 16.5. The first kappa shape index (κ1) is 14.3. The highest BCUT2D eigenvalue weighted by Gasteiger charge is 2.45. The average Bonchev–Trinajstić information content (AvgIpc) is 2.80. The van der Waals surface area contributed by atoms with Gasteiger partial charge in [-0.2, -0.15) is 0 Å². The summed E-state index contributed by atoms with van der Waals surface area (Å²) < 4.78 is 6.13. The van der Waals surface area contributed by atoms with Gasteiger partial charge < -0.3 is 4.74 Å². The molecule has 0 N–H and O–H groups in total. The second-order valence-electron chi connectivity index (χ2n) is 6.55. The van der Waals surface area contributed by atoms with E-state index in [1.54, 1.807) is 0 Å². The van der Waals surface area contributed by atoms with E-state index >= 15 is 0 Å². The second kappa shape index (κ2) is 5.10. The smallest absolute Gasteiger partial charge is 0.245 e. The summed E-state index contributed by atoms with van der Waals surface area (Å²) in [4.78, 5) is 17.0. The van der Waals surface area contributed by atoms with Crippen LogP contribution in [0.25, 0.3) is 0 Å². The Morgan fingerprint density at radius 3 is 2.70 bits per heavy atom. The lowest BCUT2D eigenvalue weighted by Gasteiger charge is -2.23. The molecular formula is C19H20N2O2. The number of carbonyl (C=O) groups is 1. The van der Waals surface area contributed by atoms with E-state index in [9.17, 15) is 4.79 Å². The van der Waals surface area contributed by atoms with Crippen molar-refractivity contribution in [2.75, 3.05) is 19.0 Å². The maximum absolute atomic E-state index is 13.0. The van der Waals surface area contributed by atoms with Crippen LogP contribution in [0.3, 0.4) is 0 Å². The number of carbonyl (C=O) groups excluding carboxylic acids is 1. The molecular weight excluding hydrogens is 288 g/mol. The van der Waals surface area contributed by atoms with Crippen LogP contribution in [0.1, 0.15) is 23.6 Å². The summed E-state index contributed by atoms with van der Waals surface area (Å²) in [6.07, 6.45) is 0.778. The van der Waals surface area contributed by atoms with Crippen LogP contribution >= 0.6 is 0 Å². The zero-order chi connectivity index (χ0) is 16.1. The molecule has 118 valence electrons. The largest absolute Gasteiger partial charge is 0.455 e. The second-order valence-corrected chi connectivity index (χ2v) is 6.55. The summed E-state index contributed by atoms with van der Waals surface area (Å²) in [6, 6.07) is 13.9. The molecule has 1 fully saturated rings. The molecule has 0 bridgehead atoms. The van der Waals surface area contributed by atoms with E-state index < -0.39 is 0 Å². The molecule has 0 aromatic heterocycles. The van der Waals surface area contributed by atoms with Gasteiger partial charge in [0.25, 0.3) is 0 Å². The molecule has 2 heterocycles. The van der Waals surface area contributed by atoms with Gasteiger partial charge in [0, 0.05) is 5.56 Å². The Kier molecular flexibility index (Phi) is 3.16. The molecule has 2 aromatic carbocycles. The summed E-state index contributed by atoms with van der Waals surface area (Å²) in [6.45, 7) is 2.07. The van der Waals surface area contributed by atoms with Crippen LogP contribution in [-0.2, 0) is 4.79 Å². The maximum Gasteiger partial charge on any atom is 0.245 e. The monoisotopic (exact) mass is 308 g/mol. The number of fused-ring (bicyclic) bond motifs is 5. The number of hydrogen-bond acceptors (Lipinski definition) is 3. The molecule has 0 aliphatic carbocycles. The lowest BCUT2D eigenvalue weighted by molar-refractivity contribution is -0.120. The molecule has 2 aliphatic heterocycles. The fraction of sp³-hybridized carbons (Fsp3) is 0.316. The number of amides is 1. The van der Waals surface area contributed by atoms with E-state index in [0.717, 1.165) is 29.2 Å². The molecule has 0 radical (unpaired) electrons. The Balaban J connectivity index is 1.93. The zero-order valence-electron chi connectivity index (χ0n) is 13.6. The first-order valence-electron chi connectivity index (χ1n) is 7.93. The minimum absolute atomic E-state index is 0.0217.